The Morgan fingerprint density at radius 2 is 2.36 bits per heavy atom. The highest BCUT2D eigenvalue weighted by atomic mass is 16.4. The molecule has 0 aliphatic carbocycles. The van der Waals surface area contributed by atoms with E-state index in [1.807, 2.05) is 18.2 Å². The molecule has 2 N–H and O–H groups in total. The Labute approximate surface area is 80.6 Å². The van der Waals surface area contributed by atoms with Gasteiger partial charge in [0.1, 0.15) is 0 Å². The second-order valence-electron chi connectivity index (χ2n) is 3.14. The van der Waals surface area contributed by atoms with Gasteiger partial charge in [-0.3, -0.25) is 9.89 Å². The molecular weight excluding hydrogens is 180 g/mol. The lowest BCUT2D eigenvalue weighted by atomic mass is 10.1. The Hall–Kier alpha value is -1.84. The number of hydrogen-bond donors (Lipinski definition) is 2. The summed E-state index contributed by atoms with van der Waals surface area (Å²) in [4.78, 5) is 10.4. The van der Waals surface area contributed by atoms with Crippen LogP contribution in [-0.4, -0.2) is 21.3 Å². The van der Waals surface area contributed by atoms with E-state index in [2.05, 4.69) is 10.2 Å². The van der Waals surface area contributed by atoms with Crippen LogP contribution in [0, 0.1) is 0 Å². The Morgan fingerprint density at radius 3 is 3.14 bits per heavy atom. The predicted octanol–water partition coefficient (Wildman–Crippen LogP) is 1.58. The van der Waals surface area contributed by atoms with Crippen LogP contribution in [0.15, 0.2) is 24.4 Å². The van der Waals surface area contributed by atoms with Crippen LogP contribution < -0.4 is 0 Å². The molecule has 4 nitrogen and oxygen atoms in total. The van der Waals surface area contributed by atoms with Gasteiger partial charge in [0.05, 0.1) is 11.7 Å². The molecule has 1 aromatic carbocycles. The lowest BCUT2D eigenvalue weighted by molar-refractivity contribution is -0.136. The predicted molar refractivity (Wildman–Crippen MR) is 52.1 cm³/mol. The second-order valence-corrected chi connectivity index (χ2v) is 3.14. The number of nitrogens with zero attached hydrogens (tertiary/aromatic N) is 1. The van der Waals surface area contributed by atoms with Crippen LogP contribution in [0.1, 0.15) is 12.0 Å². The first-order chi connectivity index (χ1) is 6.77. The van der Waals surface area contributed by atoms with E-state index in [0.717, 1.165) is 16.5 Å². The summed E-state index contributed by atoms with van der Waals surface area (Å²) in [6, 6.07) is 5.76. The van der Waals surface area contributed by atoms with Gasteiger partial charge in [0, 0.05) is 11.8 Å². The number of aromatic nitrogens is 2. The van der Waals surface area contributed by atoms with Gasteiger partial charge < -0.3 is 5.11 Å². The van der Waals surface area contributed by atoms with Crippen molar-refractivity contribution in [3.05, 3.63) is 30.0 Å². The zero-order chi connectivity index (χ0) is 9.97. The maximum Gasteiger partial charge on any atom is 0.303 e. The Morgan fingerprint density at radius 1 is 1.50 bits per heavy atom. The molecule has 0 unspecified atom stereocenters. The van der Waals surface area contributed by atoms with Crippen molar-refractivity contribution in [3.8, 4) is 0 Å². The Bertz CT molecular complexity index is 462. The van der Waals surface area contributed by atoms with Gasteiger partial charge in [0.25, 0.3) is 0 Å². The number of carboxylic acids is 1. The van der Waals surface area contributed by atoms with E-state index in [1.165, 1.54) is 0 Å². The van der Waals surface area contributed by atoms with E-state index in [9.17, 15) is 4.79 Å². The molecule has 0 bridgehead atoms. The number of fused-ring (bicyclic) bond motifs is 1. The smallest absolute Gasteiger partial charge is 0.303 e. The molecule has 14 heavy (non-hydrogen) atoms. The zero-order valence-electron chi connectivity index (χ0n) is 7.53. The van der Waals surface area contributed by atoms with Gasteiger partial charge in [-0.25, -0.2) is 0 Å². The van der Waals surface area contributed by atoms with Crippen LogP contribution in [0.2, 0.25) is 0 Å². The number of benzene rings is 1. The average Bonchev–Trinajstić information content (AvgIpc) is 2.62. The van der Waals surface area contributed by atoms with E-state index in [0.29, 0.717) is 6.42 Å². The summed E-state index contributed by atoms with van der Waals surface area (Å²) in [5.74, 6) is -0.773. The largest absolute Gasteiger partial charge is 0.481 e. The number of carbonyl (C=O) groups is 1. The van der Waals surface area contributed by atoms with E-state index < -0.39 is 5.97 Å². The van der Waals surface area contributed by atoms with Gasteiger partial charge in [-0.15, -0.1) is 0 Å². The van der Waals surface area contributed by atoms with E-state index in [-0.39, 0.29) is 6.42 Å². The summed E-state index contributed by atoms with van der Waals surface area (Å²) in [5.41, 5.74) is 1.98. The van der Waals surface area contributed by atoms with Gasteiger partial charge in [0.2, 0.25) is 0 Å². The monoisotopic (exact) mass is 190 g/mol. The van der Waals surface area contributed by atoms with Gasteiger partial charge in [-0.05, 0) is 18.1 Å². The third-order valence-electron chi connectivity index (χ3n) is 2.18. The van der Waals surface area contributed by atoms with Crippen molar-refractivity contribution in [2.24, 2.45) is 0 Å². The van der Waals surface area contributed by atoms with Gasteiger partial charge in [-0.2, -0.15) is 5.10 Å². The first-order valence-electron chi connectivity index (χ1n) is 4.40. The van der Waals surface area contributed by atoms with Crippen molar-refractivity contribution in [2.75, 3.05) is 0 Å². The highest BCUT2D eigenvalue weighted by Crippen LogP contribution is 2.17. The van der Waals surface area contributed by atoms with Crippen LogP contribution >= 0.6 is 0 Å². The van der Waals surface area contributed by atoms with Crippen LogP contribution in [-0.2, 0) is 11.2 Å². The zero-order valence-corrected chi connectivity index (χ0v) is 7.53. The number of aromatic amines is 1. The number of aryl methyl sites for hydroxylation is 1. The van der Waals surface area contributed by atoms with Crippen molar-refractivity contribution in [2.45, 2.75) is 12.8 Å². The molecule has 72 valence electrons. The first-order valence-corrected chi connectivity index (χ1v) is 4.40. The highest BCUT2D eigenvalue weighted by molar-refractivity contribution is 5.82. The fraction of sp³-hybridized carbons (Fsp3) is 0.200. The average molecular weight is 190 g/mol. The lowest BCUT2D eigenvalue weighted by Gasteiger charge is -1.99. The van der Waals surface area contributed by atoms with Crippen LogP contribution in [0.25, 0.3) is 10.9 Å². The molecule has 2 aromatic rings. The quantitative estimate of drug-likeness (QED) is 0.772. The number of aliphatic carboxylic acids is 1. The minimum atomic E-state index is -0.773. The topological polar surface area (TPSA) is 66.0 Å². The van der Waals surface area contributed by atoms with Crippen molar-refractivity contribution in [1.82, 2.24) is 10.2 Å². The Balaban J connectivity index is 2.32. The van der Waals surface area contributed by atoms with Gasteiger partial charge in [0.15, 0.2) is 0 Å². The number of H-pyrrole nitrogens is 1. The normalized spacial score (nSPS) is 10.6. The minimum Gasteiger partial charge on any atom is -0.481 e. The van der Waals surface area contributed by atoms with Gasteiger partial charge in [-0.1, -0.05) is 12.1 Å². The maximum atomic E-state index is 10.4. The van der Waals surface area contributed by atoms with Crippen molar-refractivity contribution >= 4 is 16.9 Å². The molecule has 0 amide bonds. The van der Waals surface area contributed by atoms with Crippen LogP contribution in [0.4, 0.5) is 0 Å². The molecule has 0 radical (unpaired) electrons. The first kappa shape index (κ1) is 8.74. The summed E-state index contributed by atoms with van der Waals surface area (Å²) in [6.45, 7) is 0. The highest BCUT2D eigenvalue weighted by Gasteiger charge is 2.04. The van der Waals surface area contributed by atoms with Crippen molar-refractivity contribution < 1.29 is 9.90 Å². The fourth-order valence-electron chi connectivity index (χ4n) is 1.49. The van der Waals surface area contributed by atoms with Crippen molar-refractivity contribution in [1.29, 1.82) is 0 Å². The van der Waals surface area contributed by atoms with E-state index in [4.69, 9.17) is 5.11 Å². The standard InChI is InChI=1S/C10H10N2O2/c13-10(14)5-4-7-2-1-3-9-8(7)6-11-12-9/h1-3,6H,4-5H2,(H,11,12)(H,13,14). The maximum absolute atomic E-state index is 10.4. The summed E-state index contributed by atoms with van der Waals surface area (Å²) in [7, 11) is 0. The van der Waals surface area contributed by atoms with Crippen molar-refractivity contribution in [3.63, 3.8) is 0 Å². The summed E-state index contributed by atoms with van der Waals surface area (Å²) >= 11 is 0. The fourth-order valence-corrected chi connectivity index (χ4v) is 1.49. The molecule has 0 saturated heterocycles. The van der Waals surface area contributed by atoms with Gasteiger partial charge >= 0.3 is 5.97 Å². The summed E-state index contributed by atoms with van der Waals surface area (Å²) in [5, 5.41) is 16.3. The Kier molecular flexibility index (Phi) is 2.18. The van der Waals surface area contributed by atoms with Crippen LogP contribution in [0.3, 0.4) is 0 Å². The molecule has 2 rings (SSSR count). The molecule has 0 aliphatic rings. The molecule has 0 atom stereocenters. The molecule has 0 aliphatic heterocycles. The van der Waals surface area contributed by atoms with E-state index in [1.54, 1.807) is 6.20 Å². The summed E-state index contributed by atoms with van der Waals surface area (Å²) in [6.07, 6.45) is 2.43. The van der Waals surface area contributed by atoms with Crippen LogP contribution in [0.5, 0.6) is 0 Å². The molecule has 0 spiro atoms. The lowest BCUT2D eigenvalue weighted by Crippen LogP contribution is -1.97. The third kappa shape index (κ3) is 1.59. The number of nitrogens with one attached hydrogen (secondary N) is 1. The SMILES string of the molecule is O=C(O)CCc1cccc2[nH]ncc12. The third-order valence-corrected chi connectivity index (χ3v) is 2.18. The molecular formula is C10H10N2O2. The number of rotatable bonds is 3. The number of carboxylic acid groups (broad SMARTS) is 1. The minimum absolute atomic E-state index is 0.157. The summed E-state index contributed by atoms with van der Waals surface area (Å²) < 4.78 is 0. The molecule has 0 fully saturated rings. The molecule has 0 saturated carbocycles. The van der Waals surface area contributed by atoms with E-state index >= 15 is 0 Å². The molecule has 4 heteroatoms. The second kappa shape index (κ2) is 3.49. The number of hydrogen-bond acceptors (Lipinski definition) is 2. The molecule has 1 heterocycles. The molecule has 1 aromatic heterocycles.